The van der Waals surface area contributed by atoms with Crippen LogP contribution in [0.3, 0.4) is 0 Å². The molecule has 2 heterocycles. The zero-order valence-corrected chi connectivity index (χ0v) is 7.75. The van der Waals surface area contributed by atoms with Gasteiger partial charge >= 0.3 is 11.9 Å². The molecule has 2 aromatic heterocycles. The summed E-state index contributed by atoms with van der Waals surface area (Å²) in [5.41, 5.74) is -1.73. The van der Waals surface area contributed by atoms with Crippen molar-refractivity contribution in [3.05, 3.63) is 31.8 Å². The maximum atomic E-state index is 12.3. The van der Waals surface area contributed by atoms with E-state index in [0.29, 0.717) is 11.3 Å². The number of thiophene rings is 1. The van der Waals surface area contributed by atoms with Gasteiger partial charge in [-0.1, -0.05) is 0 Å². The largest absolute Gasteiger partial charge is 0.425 e. The van der Waals surface area contributed by atoms with Crippen LogP contribution in [0.2, 0.25) is 0 Å². The van der Waals surface area contributed by atoms with Gasteiger partial charge in [0.1, 0.15) is 9.58 Å². The summed E-state index contributed by atoms with van der Waals surface area (Å²) in [6, 6.07) is 0.747. The van der Waals surface area contributed by atoms with Gasteiger partial charge in [-0.05, 0) is 6.07 Å². The van der Waals surface area contributed by atoms with Gasteiger partial charge in [0.25, 0.3) is 5.56 Å². The Kier molecular flexibility index (Phi) is 1.97. The number of H-pyrrole nitrogens is 2. The molecule has 0 spiro atoms. The number of rotatable bonds is 0. The molecule has 0 aliphatic rings. The van der Waals surface area contributed by atoms with Crippen molar-refractivity contribution < 1.29 is 13.2 Å². The number of alkyl halides is 3. The van der Waals surface area contributed by atoms with E-state index in [1.165, 1.54) is 0 Å². The molecule has 4 nitrogen and oxygen atoms in total. The summed E-state index contributed by atoms with van der Waals surface area (Å²) < 4.78 is 36.7. The third kappa shape index (κ3) is 1.67. The number of hydrogen-bond donors (Lipinski definition) is 2. The Labute approximate surface area is 83.4 Å². The molecule has 0 radical (unpaired) electrons. The van der Waals surface area contributed by atoms with E-state index in [1.54, 1.807) is 0 Å². The van der Waals surface area contributed by atoms with Crippen molar-refractivity contribution in [2.75, 3.05) is 0 Å². The lowest BCUT2D eigenvalue weighted by Gasteiger charge is -1.99. The second-order valence-corrected chi connectivity index (χ2v) is 3.81. The molecule has 0 saturated carbocycles. The standard InChI is InChI=1S/C7H3F3N2O2S/c8-7(9,10)3-1-2-4(15-3)5(13)12-6(14)11-2/h1H,(H2,11,12,13,14). The van der Waals surface area contributed by atoms with Crippen LogP contribution in [0.15, 0.2) is 15.7 Å². The number of aromatic amines is 2. The van der Waals surface area contributed by atoms with Crippen LogP contribution in [-0.4, -0.2) is 9.97 Å². The molecule has 0 aliphatic carbocycles. The topological polar surface area (TPSA) is 65.7 Å². The summed E-state index contributed by atoms with van der Waals surface area (Å²) in [5, 5.41) is 0. The maximum absolute atomic E-state index is 12.3. The molecule has 0 atom stereocenters. The molecule has 15 heavy (non-hydrogen) atoms. The predicted molar refractivity (Wildman–Crippen MR) is 48.1 cm³/mol. The van der Waals surface area contributed by atoms with Crippen LogP contribution in [-0.2, 0) is 6.18 Å². The number of fused-ring (bicyclic) bond motifs is 1. The molecule has 0 fully saturated rings. The van der Waals surface area contributed by atoms with E-state index >= 15 is 0 Å². The van der Waals surface area contributed by atoms with Crippen LogP contribution >= 0.6 is 11.3 Å². The van der Waals surface area contributed by atoms with Crippen LogP contribution in [0.1, 0.15) is 4.88 Å². The SMILES string of the molecule is O=c1[nH]c(=O)c2sc(C(F)(F)F)cc2[nH]1. The highest BCUT2D eigenvalue weighted by Crippen LogP contribution is 2.35. The highest BCUT2D eigenvalue weighted by atomic mass is 32.1. The van der Waals surface area contributed by atoms with E-state index < -0.39 is 22.3 Å². The minimum atomic E-state index is -4.51. The Bertz CT molecular complexity index is 621. The van der Waals surface area contributed by atoms with E-state index in [2.05, 4.69) is 4.98 Å². The van der Waals surface area contributed by atoms with Gasteiger partial charge in [0, 0.05) is 0 Å². The van der Waals surface area contributed by atoms with Crippen molar-refractivity contribution in [2.45, 2.75) is 6.18 Å². The second-order valence-electron chi connectivity index (χ2n) is 2.76. The highest BCUT2D eigenvalue weighted by Gasteiger charge is 2.33. The van der Waals surface area contributed by atoms with Crippen molar-refractivity contribution in [1.29, 1.82) is 0 Å². The first kappa shape index (κ1) is 9.97. The summed E-state index contributed by atoms with van der Waals surface area (Å²) in [4.78, 5) is 24.9. The van der Waals surface area contributed by atoms with Crippen molar-refractivity contribution >= 4 is 21.6 Å². The Balaban J connectivity index is 2.83. The number of nitrogens with one attached hydrogen (secondary N) is 2. The number of hydrogen-bond acceptors (Lipinski definition) is 3. The number of halogens is 3. The summed E-state index contributed by atoms with van der Waals surface area (Å²) in [6.45, 7) is 0. The molecule has 80 valence electrons. The summed E-state index contributed by atoms with van der Waals surface area (Å²) >= 11 is 0.301. The lowest BCUT2D eigenvalue weighted by Crippen LogP contribution is -2.20. The molecular weight excluding hydrogens is 233 g/mol. The quantitative estimate of drug-likeness (QED) is 0.724. The van der Waals surface area contributed by atoms with Crippen molar-refractivity contribution in [1.82, 2.24) is 9.97 Å². The first-order valence-corrected chi connectivity index (χ1v) is 4.53. The van der Waals surface area contributed by atoms with E-state index in [-0.39, 0.29) is 10.2 Å². The number of aromatic nitrogens is 2. The van der Waals surface area contributed by atoms with Gasteiger partial charge in [-0.15, -0.1) is 11.3 Å². The normalized spacial score (nSPS) is 12.2. The van der Waals surface area contributed by atoms with E-state index in [0.717, 1.165) is 6.07 Å². The fraction of sp³-hybridized carbons (Fsp3) is 0.143. The monoisotopic (exact) mass is 236 g/mol. The van der Waals surface area contributed by atoms with Gasteiger partial charge in [0.2, 0.25) is 0 Å². The average molecular weight is 236 g/mol. The molecule has 2 aromatic rings. The molecular formula is C7H3F3N2O2S. The minimum absolute atomic E-state index is 0.0962. The highest BCUT2D eigenvalue weighted by molar-refractivity contribution is 7.19. The van der Waals surface area contributed by atoms with Crippen molar-refractivity contribution in [2.24, 2.45) is 0 Å². The molecule has 0 unspecified atom stereocenters. The van der Waals surface area contributed by atoms with Crippen LogP contribution in [0.4, 0.5) is 13.2 Å². The van der Waals surface area contributed by atoms with Gasteiger partial charge in [0.15, 0.2) is 0 Å². The molecule has 0 aliphatic heterocycles. The van der Waals surface area contributed by atoms with Crippen molar-refractivity contribution in [3.63, 3.8) is 0 Å². The Hall–Kier alpha value is -1.57. The Morgan fingerprint density at radius 3 is 2.47 bits per heavy atom. The fourth-order valence-electron chi connectivity index (χ4n) is 1.11. The average Bonchev–Trinajstić information content (AvgIpc) is 2.46. The van der Waals surface area contributed by atoms with Gasteiger partial charge in [-0.3, -0.25) is 9.78 Å². The molecule has 0 aromatic carbocycles. The maximum Gasteiger partial charge on any atom is 0.425 e. The molecule has 2 N–H and O–H groups in total. The summed E-state index contributed by atoms with van der Waals surface area (Å²) in [6.07, 6.45) is -4.51. The Morgan fingerprint density at radius 2 is 1.87 bits per heavy atom. The van der Waals surface area contributed by atoms with Gasteiger partial charge in [-0.25, -0.2) is 4.79 Å². The molecule has 2 rings (SSSR count). The van der Waals surface area contributed by atoms with Crippen LogP contribution in [0, 0.1) is 0 Å². The van der Waals surface area contributed by atoms with Crippen LogP contribution < -0.4 is 11.2 Å². The summed E-state index contributed by atoms with van der Waals surface area (Å²) in [5.74, 6) is 0. The van der Waals surface area contributed by atoms with E-state index in [9.17, 15) is 22.8 Å². The van der Waals surface area contributed by atoms with Gasteiger partial charge < -0.3 is 4.98 Å². The zero-order valence-electron chi connectivity index (χ0n) is 6.94. The Morgan fingerprint density at radius 1 is 1.20 bits per heavy atom. The van der Waals surface area contributed by atoms with Crippen LogP contribution in [0.5, 0.6) is 0 Å². The minimum Gasteiger partial charge on any atom is -0.306 e. The third-order valence-corrected chi connectivity index (χ3v) is 2.87. The fourth-order valence-corrected chi connectivity index (χ4v) is 1.98. The third-order valence-electron chi connectivity index (χ3n) is 1.69. The van der Waals surface area contributed by atoms with Crippen molar-refractivity contribution in [3.8, 4) is 0 Å². The predicted octanol–water partition coefficient (Wildman–Crippen LogP) is 1.30. The van der Waals surface area contributed by atoms with E-state index in [4.69, 9.17) is 0 Å². The molecule has 0 saturated heterocycles. The molecule has 0 amide bonds. The lowest BCUT2D eigenvalue weighted by molar-refractivity contribution is -0.134. The lowest BCUT2D eigenvalue weighted by atomic mass is 10.4. The smallest absolute Gasteiger partial charge is 0.306 e. The second kappa shape index (κ2) is 2.96. The molecule has 0 bridgehead atoms. The first-order chi connectivity index (χ1) is 6.88. The zero-order chi connectivity index (χ0) is 11.2. The first-order valence-electron chi connectivity index (χ1n) is 3.71. The van der Waals surface area contributed by atoms with Gasteiger partial charge in [-0.2, -0.15) is 13.2 Å². The summed E-state index contributed by atoms with van der Waals surface area (Å²) in [7, 11) is 0. The van der Waals surface area contributed by atoms with Gasteiger partial charge in [0.05, 0.1) is 5.52 Å². The van der Waals surface area contributed by atoms with E-state index in [1.807, 2.05) is 4.98 Å². The van der Waals surface area contributed by atoms with Crippen LogP contribution in [0.25, 0.3) is 10.2 Å². The molecule has 8 heteroatoms.